The number of halogens is 3. The monoisotopic (exact) mass is 465 g/mol. The first kappa shape index (κ1) is 22.4. The number of nitrogens with zero attached hydrogens (tertiary/aromatic N) is 1. The molecule has 0 bridgehead atoms. The van der Waals surface area contributed by atoms with Crippen molar-refractivity contribution in [1.82, 2.24) is 0 Å². The Labute approximate surface area is 180 Å². The molecule has 8 nitrogen and oxygen atoms in total. The summed E-state index contributed by atoms with van der Waals surface area (Å²) >= 11 is 18.0. The molecule has 1 aliphatic heterocycles. The van der Waals surface area contributed by atoms with E-state index in [-0.39, 0.29) is 21.5 Å². The minimum Gasteiger partial charge on any atom is -0.454 e. The summed E-state index contributed by atoms with van der Waals surface area (Å²) in [5, 5.41) is 50.8. The maximum Gasteiger partial charge on any atom is 0.182 e. The van der Waals surface area contributed by atoms with E-state index in [1.807, 2.05) is 0 Å². The standard InChI is InChI=1S/C18H18Cl3NO7/c19-8-5-11(20)17(12(21)6-8)28-10-3-1-9(2-4-10)22(27)18-16(26)15(25)14(24)13(7-23)29-18/h1-6,13-16,18,23-27H,7H2/t13-,14+,15+,16+,18+/m0/s1. The van der Waals surface area contributed by atoms with E-state index in [4.69, 9.17) is 44.3 Å². The second-order valence-corrected chi connectivity index (χ2v) is 7.61. The number of rotatable bonds is 5. The number of benzene rings is 2. The van der Waals surface area contributed by atoms with Gasteiger partial charge in [0.25, 0.3) is 0 Å². The third kappa shape index (κ3) is 4.72. The zero-order valence-corrected chi connectivity index (χ0v) is 17.0. The molecule has 0 aliphatic carbocycles. The molecule has 5 N–H and O–H groups in total. The molecule has 158 valence electrons. The third-order valence-corrected chi connectivity index (χ3v) is 5.17. The normalized spacial score (nSPS) is 27.0. The lowest BCUT2D eigenvalue weighted by molar-refractivity contribution is -0.240. The highest BCUT2D eigenvalue weighted by atomic mass is 35.5. The molecule has 3 rings (SSSR count). The number of hydrogen-bond acceptors (Lipinski definition) is 8. The van der Waals surface area contributed by atoms with Crippen molar-refractivity contribution in [2.45, 2.75) is 30.6 Å². The lowest BCUT2D eigenvalue weighted by Crippen LogP contribution is -2.62. The molecule has 0 amide bonds. The number of ether oxygens (including phenoxy) is 2. The van der Waals surface area contributed by atoms with Gasteiger partial charge in [0.2, 0.25) is 0 Å². The Kier molecular flexibility index (Phi) is 7.10. The van der Waals surface area contributed by atoms with Gasteiger partial charge in [-0.25, -0.2) is 5.06 Å². The molecule has 11 heteroatoms. The predicted octanol–water partition coefficient (Wildman–Crippen LogP) is 2.43. The van der Waals surface area contributed by atoms with Crippen molar-refractivity contribution in [3.05, 3.63) is 51.5 Å². The maximum atomic E-state index is 10.4. The molecule has 0 unspecified atom stereocenters. The van der Waals surface area contributed by atoms with Gasteiger partial charge in [0, 0.05) is 5.02 Å². The van der Waals surface area contributed by atoms with Gasteiger partial charge in [0.15, 0.2) is 12.0 Å². The minimum atomic E-state index is -1.62. The van der Waals surface area contributed by atoms with Gasteiger partial charge in [-0.1, -0.05) is 34.8 Å². The minimum absolute atomic E-state index is 0.190. The highest BCUT2D eigenvalue weighted by Gasteiger charge is 2.45. The molecule has 0 saturated carbocycles. The molecule has 1 fully saturated rings. The molecule has 2 aromatic carbocycles. The number of anilines is 1. The average molecular weight is 467 g/mol. The largest absolute Gasteiger partial charge is 0.454 e. The smallest absolute Gasteiger partial charge is 0.182 e. The van der Waals surface area contributed by atoms with E-state index in [9.17, 15) is 25.6 Å². The maximum absolute atomic E-state index is 10.4. The summed E-state index contributed by atoms with van der Waals surface area (Å²) in [6.07, 6.45) is -7.33. The van der Waals surface area contributed by atoms with Gasteiger partial charge in [0.05, 0.1) is 22.3 Å². The van der Waals surface area contributed by atoms with Crippen LogP contribution >= 0.6 is 34.8 Å². The topological polar surface area (TPSA) is 123 Å². The van der Waals surface area contributed by atoms with Gasteiger partial charge in [-0.3, -0.25) is 5.21 Å². The summed E-state index contributed by atoms with van der Waals surface area (Å²) in [7, 11) is 0. The SMILES string of the molecule is OC[C@@H]1O[C@@H](N(O)c2ccc(Oc3c(Cl)cc(Cl)cc3Cl)cc2)[C@H](O)[C@H](O)[C@@H]1O. The van der Waals surface area contributed by atoms with Crippen molar-refractivity contribution in [2.75, 3.05) is 11.7 Å². The van der Waals surface area contributed by atoms with Gasteiger partial charge < -0.3 is 29.9 Å². The van der Waals surface area contributed by atoms with Crippen LogP contribution in [0.15, 0.2) is 36.4 Å². The van der Waals surface area contributed by atoms with Crippen LogP contribution in [0.3, 0.4) is 0 Å². The second kappa shape index (κ2) is 9.22. The molecule has 0 aromatic heterocycles. The van der Waals surface area contributed by atoms with Crippen molar-refractivity contribution in [1.29, 1.82) is 0 Å². The zero-order chi connectivity index (χ0) is 21.3. The molecule has 2 aromatic rings. The van der Waals surface area contributed by atoms with Gasteiger partial charge in [0.1, 0.15) is 30.2 Å². The second-order valence-electron chi connectivity index (χ2n) is 6.36. The Morgan fingerprint density at radius 1 is 0.931 bits per heavy atom. The van der Waals surface area contributed by atoms with Crippen molar-refractivity contribution in [2.24, 2.45) is 0 Å². The summed E-state index contributed by atoms with van der Waals surface area (Å²) < 4.78 is 11.0. The number of hydroxylamine groups is 1. The molecule has 0 spiro atoms. The van der Waals surface area contributed by atoms with Crippen molar-refractivity contribution in [3.8, 4) is 11.5 Å². The van der Waals surface area contributed by atoms with Crippen LogP contribution in [0.25, 0.3) is 0 Å². The Morgan fingerprint density at radius 2 is 1.52 bits per heavy atom. The quantitative estimate of drug-likeness (QED) is 0.426. The number of aliphatic hydroxyl groups excluding tert-OH is 4. The Balaban J connectivity index is 1.76. The average Bonchev–Trinajstić information content (AvgIpc) is 2.69. The van der Waals surface area contributed by atoms with E-state index in [0.717, 1.165) is 0 Å². The first-order valence-electron chi connectivity index (χ1n) is 8.44. The number of aliphatic hydroxyl groups is 4. The van der Waals surface area contributed by atoms with E-state index in [1.165, 1.54) is 36.4 Å². The highest BCUT2D eigenvalue weighted by Crippen LogP contribution is 2.39. The highest BCUT2D eigenvalue weighted by molar-refractivity contribution is 6.40. The van der Waals surface area contributed by atoms with E-state index < -0.39 is 37.3 Å². The zero-order valence-electron chi connectivity index (χ0n) is 14.7. The molecule has 1 aliphatic rings. The van der Waals surface area contributed by atoms with E-state index in [1.54, 1.807) is 0 Å². The fraction of sp³-hybridized carbons (Fsp3) is 0.333. The summed E-state index contributed by atoms with van der Waals surface area (Å²) in [6, 6.07) is 8.87. The van der Waals surface area contributed by atoms with Crippen molar-refractivity contribution < 1.29 is 35.1 Å². The molecular formula is C18H18Cl3NO7. The Bertz CT molecular complexity index is 829. The summed E-state index contributed by atoms with van der Waals surface area (Å²) in [4.78, 5) is 0. The number of hydrogen-bond donors (Lipinski definition) is 5. The van der Waals surface area contributed by atoms with Crippen molar-refractivity contribution in [3.63, 3.8) is 0 Å². The third-order valence-electron chi connectivity index (χ3n) is 4.39. The van der Waals surface area contributed by atoms with Crippen LogP contribution in [0.2, 0.25) is 15.1 Å². The predicted molar refractivity (Wildman–Crippen MR) is 106 cm³/mol. The van der Waals surface area contributed by atoms with E-state index in [2.05, 4.69) is 0 Å². The van der Waals surface area contributed by atoms with Gasteiger partial charge in [-0.05, 0) is 36.4 Å². The fourth-order valence-electron chi connectivity index (χ4n) is 2.84. The Morgan fingerprint density at radius 3 is 2.07 bits per heavy atom. The van der Waals surface area contributed by atoms with Crippen LogP contribution in [-0.2, 0) is 4.74 Å². The summed E-state index contributed by atoms with van der Waals surface area (Å²) in [5.41, 5.74) is 0.190. The van der Waals surface area contributed by atoms with Gasteiger partial charge in [-0.15, -0.1) is 0 Å². The lowest BCUT2D eigenvalue weighted by Gasteiger charge is -2.42. The van der Waals surface area contributed by atoms with Crippen molar-refractivity contribution >= 4 is 40.5 Å². The fourth-order valence-corrected chi connectivity index (χ4v) is 3.74. The molecule has 0 radical (unpaired) electrons. The molecule has 5 atom stereocenters. The molecule has 1 heterocycles. The van der Waals surface area contributed by atoms with E-state index >= 15 is 0 Å². The lowest BCUT2D eigenvalue weighted by atomic mass is 9.98. The van der Waals surface area contributed by atoms with Crippen LogP contribution < -0.4 is 9.80 Å². The first-order valence-corrected chi connectivity index (χ1v) is 9.57. The van der Waals surface area contributed by atoms with Crippen LogP contribution in [-0.4, -0.2) is 62.9 Å². The van der Waals surface area contributed by atoms with Crippen LogP contribution in [0.5, 0.6) is 11.5 Å². The summed E-state index contributed by atoms with van der Waals surface area (Å²) in [6.45, 7) is -0.606. The van der Waals surface area contributed by atoms with E-state index in [0.29, 0.717) is 15.8 Å². The molecular weight excluding hydrogens is 449 g/mol. The Hall–Kier alpha value is -1.33. The molecule has 1 saturated heterocycles. The van der Waals surface area contributed by atoms with Gasteiger partial charge >= 0.3 is 0 Å². The van der Waals surface area contributed by atoms with Crippen LogP contribution in [0.4, 0.5) is 5.69 Å². The van der Waals surface area contributed by atoms with Crippen LogP contribution in [0, 0.1) is 0 Å². The summed E-state index contributed by atoms with van der Waals surface area (Å²) in [5.74, 6) is 0.558. The van der Waals surface area contributed by atoms with Gasteiger partial charge in [-0.2, -0.15) is 0 Å². The van der Waals surface area contributed by atoms with Crippen LogP contribution in [0.1, 0.15) is 0 Å². The first-order chi connectivity index (χ1) is 13.7. The molecule has 29 heavy (non-hydrogen) atoms.